The monoisotopic (exact) mass is 745 g/mol. The van der Waals surface area contributed by atoms with Crippen molar-refractivity contribution < 1.29 is 4.42 Å². The van der Waals surface area contributed by atoms with Crippen LogP contribution in [0.3, 0.4) is 0 Å². The van der Waals surface area contributed by atoms with Crippen molar-refractivity contribution in [2.75, 3.05) is 4.90 Å². The van der Waals surface area contributed by atoms with Crippen molar-refractivity contribution in [3.8, 4) is 44.5 Å². The lowest BCUT2D eigenvalue weighted by Crippen LogP contribution is -2.21. The van der Waals surface area contributed by atoms with E-state index in [2.05, 4.69) is 189 Å². The standard InChI is InChI=1S/C56H43NO/c1-55(2)48-19-6-3-14-44(48)46-18-11-17-42(54(46)55)37-25-29-39(30-26-37)57(40-31-32-45-43-13-4-7-20-49(43)56(50(45)35-40)33-9-10-34-56)38-27-23-36(24-28-38)41-16-12-22-52-53(41)47-15-5-8-21-51(47)58-52/h3-8,11-32,35H,9-10,33-34H2,1-2H3. The van der Waals surface area contributed by atoms with Crippen LogP contribution in [0.15, 0.2) is 180 Å². The highest BCUT2D eigenvalue weighted by Crippen LogP contribution is 2.58. The van der Waals surface area contributed by atoms with Crippen molar-refractivity contribution in [1.82, 2.24) is 0 Å². The van der Waals surface area contributed by atoms with Crippen LogP contribution >= 0.6 is 0 Å². The number of benzene rings is 8. The van der Waals surface area contributed by atoms with Crippen molar-refractivity contribution in [2.45, 2.75) is 50.4 Å². The summed E-state index contributed by atoms with van der Waals surface area (Å²) in [5.74, 6) is 0. The number of rotatable bonds is 5. The fourth-order valence-electron chi connectivity index (χ4n) is 11.2. The molecule has 3 aliphatic rings. The Morgan fingerprint density at radius 3 is 1.72 bits per heavy atom. The molecular weight excluding hydrogens is 703 g/mol. The molecule has 1 spiro atoms. The molecule has 0 radical (unpaired) electrons. The quantitative estimate of drug-likeness (QED) is 0.174. The Balaban J connectivity index is 0.993. The van der Waals surface area contributed by atoms with Crippen molar-refractivity contribution in [3.05, 3.63) is 198 Å². The molecule has 3 aliphatic carbocycles. The Bertz CT molecular complexity index is 3080. The summed E-state index contributed by atoms with van der Waals surface area (Å²) in [6, 6.07) is 65.4. The van der Waals surface area contributed by atoms with Crippen LogP contribution < -0.4 is 4.90 Å². The molecule has 2 nitrogen and oxygen atoms in total. The zero-order valence-electron chi connectivity index (χ0n) is 32.9. The van der Waals surface area contributed by atoms with Crippen LogP contribution in [-0.2, 0) is 10.8 Å². The number of fused-ring (bicyclic) bond motifs is 11. The summed E-state index contributed by atoms with van der Waals surface area (Å²) in [5.41, 5.74) is 21.5. The number of furan rings is 1. The van der Waals surface area contributed by atoms with Gasteiger partial charge in [0, 0.05) is 38.7 Å². The van der Waals surface area contributed by atoms with Gasteiger partial charge in [0.25, 0.3) is 0 Å². The van der Waals surface area contributed by atoms with Crippen LogP contribution in [0, 0.1) is 0 Å². The first-order valence-electron chi connectivity index (χ1n) is 20.9. The highest BCUT2D eigenvalue weighted by molar-refractivity contribution is 6.12. The summed E-state index contributed by atoms with van der Waals surface area (Å²) >= 11 is 0. The zero-order valence-corrected chi connectivity index (χ0v) is 32.9. The van der Waals surface area contributed by atoms with E-state index in [1.54, 1.807) is 0 Å². The Hall–Kier alpha value is -6.64. The third-order valence-electron chi connectivity index (χ3n) is 13.8. The minimum atomic E-state index is -0.0831. The van der Waals surface area contributed by atoms with Crippen LogP contribution in [-0.4, -0.2) is 0 Å². The van der Waals surface area contributed by atoms with E-state index >= 15 is 0 Å². The van der Waals surface area contributed by atoms with Crippen molar-refractivity contribution in [3.63, 3.8) is 0 Å². The summed E-state index contributed by atoms with van der Waals surface area (Å²) in [6.07, 6.45) is 4.96. The summed E-state index contributed by atoms with van der Waals surface area (Å²) in [6.45, 7) is 4.75. The van der Waals surface area contributed by atoms with Crippen LogP contribution in [0.25, 0.3) is 66.4 Å². The minimum absolute atomic E-state index is 0.0831. The van der Waals surface area contributed by atoms with Gasteiger partial charge in [-0.25, -0.2) is 0 Å². The average Bonchev–Trinajstić information content (AvgIpc) is 4.04. The van der Waals surface area contributed by atoms with E-state index in [1.165, 1.54) is 98.1 Å². The molecule has 0 atom stereocenters. The molecule has 8 aromatic carbocycles. The Kier molecular flexibility index (Phi) is 7.18. The topological polar surface area (TPSA) is 16.4 Å². The molecule has 1 heterocycles. The van der Waals surface area contributed by atoms with E-state index in [-0.39, 0.29) is 10.8 Å². The second-order valence-electron chi connectivity index (χ2n) is 17.2. The van der Waals surface area contributed by atoms with Gasteiger partial charge in [-0.1, -0.05) is 154 Å². The van der Waals surface area contributed by atoms with Gasteiger partial charge in [0.05, 0.1) is 0 Å². The number of hydrogen-bond acceptors (Lipinski definition) is 2. The van der Waals surface area contributed by atoms with Crippen LogP contribution in [0.2, 0.25) is 0 Å². The summed E-state index contributed by atoms with van der Waals surface area (Å²) in [7, 11) is 0. The maximum absolute atomic E-state index is 6.28. The number of nitrogens with zero attached hydrogens (tertiary/aromatic N) is 1. The van der Waals surface area contributed by atoms with Gasteiger partial charge < -0.3 is 9.32 Å². The Morgan fingerprint density at radius 1 is 0.431 bits per heavy atom. The fourth-order valence-corrected chi connectivity index (χ4v) is 11.2. The van der Waals surface area contributed by atoms with Crippen molar-refractivity contribution in [2.24, 2.45) is 0 Å². The number of anilines is 3. The lowest BCUT2D eigenvalue weighted by atomic mass is 9.76. The largest absolute Gasteiger partial charge is 0.456 e. The molecule has 1 fully saturated rings. The third-order valence-corrected chi connectivity index (χ3v) is 13.8. The van der Waals surface area contributed by atoms with E-state index in [0.29, 0.717) is 0 Å². The lowest BCUT2D eigenvalue weighted by molar-refractivity contribution is 0.550. The van der Waals surface area contributed by atoms with E-state index in [4.69, 9.17) is 4.42 Å². The van der Waals surface area contributed by atoms with Gasteiger partial charge in [-0.05, 0) is 128 Å². The fraction of sp³-hybridized carbons (Fsp3) is 0.143. The molecule has 0 saturated heterocycles. The smallest absolute Gasteiger partial charge is 0.136 e. The predicted molar refractivity (Wildman–Crippen MR) is 242 cm³/mol. The Labute approximate surface area is 340 Å². The molecule has 1 aromatic heterocycles. The van der Waals surface area contributed by atoms with Gasteiger partial charge in [0.15, 0.2) is 0 Å². The average molecular weight is 746 g/mol. The summed E-state index contributed by atoms with van der Waals surface area (Å²) < 4.78 is 6.28. The van der Waals surface area contributed by atoms with Gasteiger partial charge >= 0.3 is 0 Å². The first-order valence-corrected chi connectivity index (χ1v) is 20.9. The molecule has 58 heavy (non-hydrogen) atoms. The van der Waals surface area contributed by atoms with Crippen LogP contribution in [0.5, 0.6) is 0 Å². The second-order valence-corrected chi connectivity index (χ2v) is 17.2. The molecule has 0 bridgehead atoms. The predicted octanol–water partition coefficient (Wildman–Crippen LogP) is 15.5. The summed E-state index contributed by atoms with van der Waals surface area (Å²) in [5, 5.41) is 2.31. The maximum Gasteiger partial charge on any atom is 0.136 e. The van der Waals surface area contributed by atoms with Gasteiger partial charge in [-0.15, -0.1) is 0 Å². The molecule has 0 aliphatic heterocycles. The highest BCUT2D eigenvalue weighted by Gasteiger charge is 2.45. The molecule has 0 amide bonds. The van der Waals surface area contributed by atoms with Crippen molar-refractivity contribution in [1.29, 1.82) is 0 Å². The summed E-state index contributed by atoms with van der Waals surface area (Å²) in [4.78, 5) is 2.46. The second kappa shape index (κ2) is 12.4. The molecule has 2 heteroatoms. The van der Waals surface area contributed by atoms with Crippen LogP contribution in [0.1, 0.15) is 61.8 Å². The SMILES string of the molecule is CC1(C)c2ccccc2-c2cccc(-c3ccc(N(c4ccc(-c5cccc6oc7ccccc7c56)cc4)c4ccc5c(c4)C4(CCCC4)c4ccccc4-5)cc3)c21. The highest BCUT2D eigenvalue weighted by atomic mass is 16.3. The lowest BCUT2D eigenvalue weighted by Gasteiger charge is -2.30. The zero-order chi connectivity index (χ0) is 38.6. The van der Waals surface area contributed by atoms with Gasteiger partial charge in [0.1, 0.15) is 11.2 Å². The molecule has 12 rings (SSSR count). The normalized spacial score (nSPS) is 15.4. The first-order chi connectivity index (χ1) is 28.5. The molecule has 278 valence electrons. The van der Waals surface area contributed by atoms with E-state index in [9.17, 15) is 0 Å². The van der Waals surface area contributed by atoms with Crippen LogP contribution in [0.4, 0.5) is 17.1 Å². The molecule has 0 unspecified atom stereocenters. The molecular formula is C56H43NO. The van der Waals surface area contributed by atoms with Gasteiger partial charge in [-0.3, -0.25) is 0 Å². The minimum Gasteiger partial charge on any atom is -0.456 e. The van der Waals surface area contributed by atoms with E-state index in [0.717, 1.165) is 33.3 Å². The third kappa shape index (κ3) is 4.72. The first kappa shape index (κ1) is 33.5. The Morgan fingerprint density at radius 2 is 0.966 bits per heavy atom. The maximum atomic E-state index is 6.28. The molecule has 1 saturated carbocycles. The van der Waals surface area contributed by atoms with Gasteiger partial charge in [-0.2, -0.15) is 0 Å². The van der Waals surface area contributed by atoms with Gasteiger partial charge in [0.2, 0.25) is 0 Å². The number of para-hydroxylation sites is 1. The van der Waals surface area contributed by atoms with Crippen molar-refractivity contribution >= 4 is 39.0 Å². The molecule has 9 aromatic rings. The van der Waals surface area contributed by atoms with E-state index in [1.807, 2.05) is 6.07 Å². The molecule has 0 N–H and O–H groups in total. The number of hydrogen-bond donors (Lipinski definition) is 0. The van der Waals surface area contributed by atoms with E-state index < -0.39 is 0 Å².